The van der Waals surface area contributed by atoms with E-state index in [2.05, 4.69) is 15.0 Å². The predicted octanol–water partition coefficient (Wildman–Crippen LogP) is -1.36. The second-order valence-electron chi connectivity index (χ2n) is 4.21. The molecular formula is C10H12N6O4. The Hall–Kier alpha value is -2.59. The summed E-state index contributed by atoms with van der Waals surface area (Å²) in [5.74, 6) is -0.504. The fourth-order valence-corrected chi connectivity index (χ4v) is 2.04. The minimum atomic E-state index is -1.35. The molecule has 20 heavy (non-hydrogen) atoms. The Morgan fingerprint density at radius 1 is 1.35 bits per heavy atom. The van der Waals surface area contributed by atoms with E-state index in [1.54, 1.807) is 0 Å². The van der Waals surface area contributed by atoms with Crippen LogP contribution in [0.15, 0.2) is 17.8 Å². The van der Waals surface area contributed by atoms with Crippen molar-refractivity contribution < 1.29 is 20.1 Å². The zero-order valence-electron chi connectivity index (χ0n) is 10.1. The number of aromatic nitrogens is 4. The van der Waals surface area contributed by atoms with Crippen LogP contribution in [0.3, 0.4) is 0 Å². The van der Waals surface area contributed by atoms with Crippen LogP contribution in [0.25, 0.3) is 11.2 Å². The van der Waals surface area contributed by atoms with Crippen molar-refractivity contribution in [3.8, 4) is 0 Å². The molecule has 0 radical (unpaired) electrons. The number of imidazole rings is 1. The third-order valence-corrected chi connectivity index (χ3v) is 2.98. The summed E-state index contributed by atoms with van der Waals surface area (Å²) in [6.45, 7) is -0.536. The van der Waals surface area contributed by atoms with Crippen molar-refractivity contribution >= 4 is 22.9 Å². The van der Waals surface area contributed by atoms with E-state index >= 15 is 0 Å². The molecule has 0 aliphatic carbocycles. The molecule has 0 amide bonds. The summed E-state index contributed by atoms with van der Waals surface area (Å²) in [5.41, 5.74) is 11.7. The third-order valence-electron chi connectivity index (χ3n) is 2.98. The number of nitrogens with zero attached hydrogens (tertiary/aromatic N) is 4. The van der Waals surface area contributed by atoms with Gasteiger partial charge in [-0.05, 0) is 0 Å². The van der Waals surface area contributed by atoms with Crippen LogP contribution in [0.5, 0.6) is 0 Å². The number of nitrogens with two attached hydrogens (primary N) is 2. The maximum atomic E-state index is 9.93. The average Bonchev–Trinajstić information content (AvgIpc) is 2.93. The summed E-state index contributed by atoms with van der Waals surface area (Å²) < 4.78 is 6.63. The summed E-state index contributed by atoms with van der Waals surface area (Å²) in [7, 11) is 0. The summed E-state index contributed by atoms with van der Waals surface area (Å²) in [5, 5.41) is 28.6. The second kappa shape index (κ2) is 4.21. The number of fused-ring (bicyclic) bond motifs is 1. The lowest BCUT2D eigenvalue weighted by molar-refractivity contribution is -0.0119. The normalized spacial score (nSPS) is 22.5. The van der Waals surface area contributed by atoms with Gasteiger partial charge in [0.1, 0.15) is 18.5 Å². The first-order valence-electron chi connectivity index (χ1n) is 5.66. The van der Waals surface area contributed by atoms with E-state index in [1.165, 1.54) is 10.9 Å². The maximum absolute atomic E-state index is 9.93. The molecule has 0 bridgehead atoms. The summed E-state index contributed by atoms with van der Waals surface area (Å²) in [6.07, 6.45) is -1.04. The van der Waals surface area contributed by atoms with Gasteiger partial charge >= 0.3 is 0 Å². The fraction of sp³-hybridized carbons (Fsp3) is 0.300. The molecule has 2 aromatic rings. The molecule has 0 saturated carbocycles. The van der Waals surface area contributed by atoms with Gasteiger partial charge in [0.05, 0.1) is 0 Å². The SMILES string of the molecule is Nc1nc(N)c2ncn([C@@H]3OC(CO)=C(O)C3O)c2n1. The number of nitrogen functional groups attached to an aromatic ring is 2. The molecule has 1 aliphatic heterocycles. The first-order valence-corrected chi connectivity index (χ1v) is 5.66. The molecule has 3 heterocycles. The van der Waals surface area contributed by atoms with Crippen LogP contribution in [0.1, 0.15) is 6.23 Å². The molecule has 0 aromatic carbocycles. The molecule has 10 nitrogen and oxygen atoms in total. The molecule has 0 spiro atoms. The molecule has 106 valence electrons. The minimum Gasteiger partial charge on any atom is -0.506 e. The van der Waals surface area contributed by atoms with E-state index < -0.39 is 24.7 Å². The van der Waals surface area contributed by atoms with Crippen LogP contribution >= 0.6 is 0 Å². The van der Waals surface area contributed by atoms with Crippen LogP contribution in [-0.2, 0) is 4.74 Å². The van der Waals surface area contributed by atoms with Crippen LogP contribution < -0.4 is 11.5 Å². The van der Waals surface area contributed by atoms with E-state index in [9.17, 15) is 10.2 Å². The van der Waals surface area contributed by atoms with Gasteiger partial charge in [0.25, 0.3) is 0 Å². The first kappa shape index (κ1) is 12.4. The molecular weight excluding hydrogens is 268 g/mol. The number of aliphatic hydroxyl groups excluding tert-OH is 3. The lowest BCUT2D eigenvalue weighted by Crippen LogP contribution is -2.22. The van der Waals surface area contributed by atoms with E-state index in [1.807, 2.05) is 0 Å². The van der Waals surface area contributed by atoms with Gasteiger partial charge in [-0.15, -0.1) is 0 Å². The standard InChI is InChI=1S/C10H12N6O4/c11-7-4-8(15-10(12)14-7)16(2-13-4)9-6(19)5(18)3(1-17)20-9/h2,6,9,17-19H,1H2,(H4,11,12,14,15)/t6?,9-/m1/s1. The van der Waals surface area contributed by atoms with Gasteiger partial charge in [0, 0.05) is 0 Å². The number of anilines is 2. The maximum Gasteiger partial charge on any atom is 0.224 e. The average molecular weight is 280 g/mol. The topological polar surface area (TPSA) is 166 Å². The summed E-state index contributed by atoms with van der Waals surface area (Å²) >= 11 is 0. The third kappa shape index (κ3) is 1.62. The number of hydrogen-bond acceptors (Lipinski definition) is 9. The van der Waals surface area contributed by atoms with Gasteiger partial charge in [0.15, 0.2) is 29.1 Å². The van der Waals surface area contributed by atoms with Gasteiger partial charge in [0.2, 0.25) is 12.2 Å². The van der Waals surface area contributed by atoms with Crippen molar-refractivity contribution in [1.82, 2.24) is 19.5 Å². The van der Waals surface area contributed by atoms with Crippen LogP contribution in [0.2, 0.25) is 0 Å². The van der Waals surface area contributed by atoms with Gasteiger partial charge in [-0.25, -0.2) is 4.98 Å². The minimum absolute atomic E-state index is 0.0520. The van der Waals surface area contributed by atoms with E-state index in [4.69, 9.17) is 21.3 Å². The highest BCUT2D eigenvalue weighted by atomic mass is 16.5. The first-order chi connectivity index (χ1) is 9.52. The van der Waals surface area contributed by atoms with E-state index in [0.717, 1.165) is 0 Å². The monoisotopic (exact) mass is 280 g/mol. The zero-order valence-corrected chi connectivity index (χ0v) is 10.1. The molecule has 3 rings (SSSR count). The molecule has 1 aliphatic rings. The Morgan fingerprint density at radius 3 is 2.75 bits per heavy atom. The quantitative estimate of drug-likeness (QED) is 0.446. The number of ether oxygens (including phenoxy) is 1. The summed E-state index contributed by atoms with van der Waals surface area (Å²) in [4.78, 5) is 11.8. The lowest BCUT2D eigenvalue weighted by atomic mass is 10.2. The molecule has 2 atom stereocenters. The predicted molar refractivity (Wildman–Crippen MR) is 67.0 cm³/mol. The Kier molecular flexibility index (Phi) is 2.62. The Balaban J connectivity index is 2.09. The van der Waals surface area contributed by atoms with Crippen molar-refractivity contribution in [2.24, 2.45) is 0 Å². The van der Waals surface area contributed by atoms with E-state index in [0.29, 0.717) is 5.52 Å². The Bertz CT molecular complexity index is 711. The van der Waals surface area contributed by atoms with Crippen LogP contribution in [0, 0.1) is 0 Å². The van der Waals surface area contributed by atoms with Crippen LogP contribution in [0.4, 0.5) is 11.8 Å². The summed E-state index contributed by atoms with van der Waals surface area (Å²) in [6, 6.07) is 0. The van der Waals surface area contributed by atoms with Gasteiger partial charge in [-0.2, -0.15) is 9.97 Å². The van der Waals surface area contributed by atoms with Crippen molar-refractivity contribution in [1.29, 1.82) is 0 Å². The van der Waals surface area contributed by atoms with E-state index in [-0.39, 0.29) is 23.2 Å². The zero-order chi connectivity index (χ0) is 14.4. The molecule has 1 unspecified atom stereocenters. The van der Waals surface area contributed by atoms with Crippen molar-refractivity contribution in [2.45, 2.75) is 12.3 Å². The molecule has 10 heteroatoms. The van der Waals surface area contributed by atoms with Crippen molar-refractivity contribution in [3.63, 3.8) is 0 Å². The van der Waals surface area contributed by atoms with Crippen molar-refractivity contribution in [2.75, 3.05) is 18.1 Å². The van der Waals surface area contributed by atoms with Gasteiger partial charge in [-0.3, -0.25) is 4.57 Å². The highest BCUT2D eigenvalue weighted by Gasteiger charge is 2.37. The van der Waals surface area contributed by atoms with Crippen molar-refractivity contribution in [3.05, 3.63) is 17.8 Å². The highest BCUT2D eigenvalue weighted by Crippen LogP contribution is 2.33. The molecule has 0 saturated heterocycles. The smallest absolute Gasteiger partial charge is 0.224 e. The Labute approximate surface area is 111 Å². The van der Waals surface area contributed by atoms with Gasteiger partial charge in [-0.1, -0.05) is 0 Å². The van der Waals surface area contributed by atoms with Crippen LogP contribution in [-0.4, -0.2) is 47.5 Å². The fourth-order valence-electron chi connectivity index (χ4n) is 2.04. The molecule has 7 N–H and O–H groups in total. The Morgan fingerprint density at radius 2 is 2.10 bits per heavy atom. The van der Waals surface area contributed by atoms with Gasteiger partial charge < -0.3 is 31.5 Å². The number of rotatable bonds is 2. The highest BCUT2D eigenvalue weighted by molar-refractivity contribution is 5.82. The largest absolute Gasteiger partial charge is 0.506 e. The second-order valence-corrected chi connectivity index (χ2v) is 4.21. The number of hydrogen-bond donors (Lipinski definition) is 5. The number of aliphatic hydroxyl groups is 3. The molecule has 2 aromatic heterocycles. The lowest BCUT2D eigenvalue weighted by Gasteiger charge is -2.17. The molecule has 0 fully saturated rings.